The molecule has 0 amide bonds. The number of ether oxygens (including phenoxy) is 1. The van der Waals surface area contributed by atoms with Gasteiger partial charge in [-0.05, 0) is 43.4 Å². The molecule has 2 rings (SSSR count). The third kappa shape index (κ3) is 4.22. The van der Waals surface area contributed by atoms with Crippen LogP contribution in [0, 0.1) is 12.8 Å². The van der Waals surface area contributed by atoms with E-state index in [1.807, 2.05) is 26.0 Å². The van der Waals surface area contributed by atoms with Crippen molar-refractivity contribution in [2.75, 3.05) is 6.61 Å². The molecule has 1 aliphatic rings. The van der Waals surface area contributed by atoms with Gasteiger partial charge >= 0.3 is 0 Å². The smallest absolute Gasteiger partial charge is 0.122 e. The van der Waals surface area contributed by atoms with Crippen LogP contribution >= 0.6 is 0 Å². The second kappa shape index (κ2) is 7.09. The number of aryl methyl sites for hydroxylation is 1. The predicted octanol–water partition coefficient (Wildman–Crippen LogP) is 3.33. The van der Waals surface area contributed by atoms with E-state index >= 15 is 0 Å². The Labute approximate surface area is 122 Å². The summed E-state index contributed by atoms with van der Waals surface area (Å²) in [5, 5.41) is 10.1. The molecule has 112 valence electrons. The normalized spacial score (nSPS) is 19.0. The number of aliphatic hydroxyl groups excluding tert-OH is 1. The summed E-state index contributed by atoms with van der Waals surface area (Å²) in [4.78, 5) is 0. The topological polar surface area (TPSA) is 55.5 Å². The second-order valence-corrected chi connectivity index (χ2v) is 6.16. The van der Waals surface area contributed by atoms with E-state index in [0.29, 0.717) is 12.5 Å². The standard InChI is InChI=1S/C17H27NO2/c1-12-9-15(13(2)18)7-8-17(12)20-11-16(19)10-14-5-3-4-6-14/h7-9,13-14,16,19H,3-6,10-11,18H2,1-2H3. The molecular formula is C17H27NO2. The maximum absolute atomic E-state index is 10.1. The summed E-state index contributed by atoms with van der Waals surface area (Å²) in [6.45, 7) is 4.38. The molecule has 2 atom stereocenters. The van der Waals surface area contributed by atoms with Crippen molar-refractivity contribution in [1.29, 1.82) is 0 Å². The van der Waals surface area contributed by atoms with Crippen molar-refractivity contribution >= 4 is 0 Å². The number of aliphatic hydroxyl groups is 1. The summed E-state index contributed by atoms with van der Waals surface area (Å²) in [5.41, 5.74) is 8.05. The highest BCUT2D eigenvalue weighted by molar-refractivity contribution is 5.37. The fourth-order valence-corrected chi connectivity index (χ4v) is 3.00. The van der Waals surface area contributed by atoms with Gasteiger partial charge in [0.15, 0.2) is 0 Å². The first-order valence-corrected chi connectivity index (χ1v) is 7.73. The molecule has 20 heavy (non-hydrogen) atoms. The zero-order valence-electron chi connectivity index (χ0n) is 12.6. The molecule has 0 bridgehead atoms. The number of nitrogens with two attached hydrogens (primary N) is 1. The Hall–Kier alpha value is -1.06. The van der Waals surface area contributed by atoms with E-state index < -0.39 is 0 Å². The first kappa shape index (κ1) is 15.3. The molecule has 0 saturated heterocycles. The van der Waals surface area contributed by atoms with Crippen LogP contribution in [0.15, 0.2) is 18.2 Å². The molecule has 1 saturated carbocycles. The number of rotatable bonds is 6. The van der Waals surface area contributed by atoms with E-state index in [2.05, 4.69) is 6.07 Å². The molecular weight excluding hydrogens is 250 g/mol. The van der Waals surface area contributed by atoms with Crippen molar-refractivity contribution in [1.82, 2.24) is 0 Å². The highest BCUT2D eigenvalue weighted by Gasteiger charge is 2.19. The lowest BCUT2D eigenvalue weighted by Crippen LogP contribution is -2.20. The van der Waals surface area contributed by atoms with Gasteiger partial charge < -0.3 is 15.6 Å². The minimum atomic E-state index is -0.356. The Bertz CT molecular complexity index is 425. The van der Waals surface area contributed by atoms with E-state index in [-0.39, 0.29) is 12.1 Å². The molecule has 0 radical (unpaired) electrons. The lowest BCUT2D eigenvalue weighted by atomic mass is 10.0. The molecule has 0 aromatic heterocycles. The summed E-state index contributed by atoms with van der Waals surface area (Å²) in [7, 11) is 0. The van der Waals surface area contributed by atoms with Crippen LogP contribution in [0.25, 0.3) is 0 Å². The minimum Gasteiger partial charge on any atom is -0.491 e. The van der Waals surface area contributed by atoms with Gasteiger partial charge in [0.1, 0.15) is 12.4 Å². The number of hydrogen-bond donors (Lipinski definition) is 2. The van der Waals surface area contributed by atoms with Crippen LogP contribution in [0.4, 0.5) is 0 Å². The molecule has 2 unspecified atom stereocenters. The van der Waals surface area contributed by atoms with Crippen LogP contribution in [-0.2, 0) is 0 Å². The maximum Gasteiger partial charge on any atom is 0.122 e. The molecule has 0 aliphatic heterocycles. The van der Waals surface area contributed by atoms with Gasteiger partial charge in [-0.2, -0.15) is 0 Å². The largest absolute Gasteiger partial charge is 0.491 e. The van der Waals surface area contributed by atoms with Crippen molar-refractivity contribution in [2.24, 2.45) is 11.7 Å². The Morgan fingerprint density at radius 2 is 2.05 bits per heavy atom. The van der Waals surface area contributed by atoms with E-state index in [9.17, 15) is 5.11 Å². The number of benzene rings is 1. The van der Waals surface area contributed by atoms with Crippen LogP contribution in [0.1, 0.15) is 56.2 Å². The van der Waals surface area contributed by atoms with Crippen LogP contribution in [0.3, 0.4) is 0 Å². The third-order valence-corrected chi connectivity index (χ3v) is 4.24. The highest BCUT2D eigenvalue weighted by Crippen LogP contribution is 2.29. The van der Waals surface area contributed by atoms with Crippen LogP contribution < -0.4 is 10.5 Å². The van der Waals surface area contributed by atoms with Gasteiger partial charge in [-0.1, -0.05) is 37.8 Å². The molecule has 3 heteroatoms. The van der Waals surface area contributed by atoms with Crippen molar-refractivity contribution in [3.63, 3.8) is 0 Å². The van der Waals surface area contributed by atoms with E-state index in [4.69, 9.17) is 10.5 Å². The van der Waals surface area contributed by atoms with Gasteiger partial charge in [-0.3, -0.25) is 0 Å². The van der Waals surface area contributed by atoms with Gasteiger partial charge in [0.25, 0.3) is 0 Å². The fraction of sp³-hybridized carbons (Fsp3) is 0.647. The average Bonchev–Trinajstić information content (AvgIpc) is 2.90. The van der Waals surface area contributed by atoms with Crippen LogP contribution in [0.5, 0.6) is 5.75 Å². The summed E-state index contributed by atoms with van der Waals surface area (Å²) in [6, 6.07) is 6.05. The molecule has 1 aliphatic carbocycles. The van der Waals surface area contributed by atoms with E-state index in [0.717, 1.165) is 23.3 Å². The lowest BCUT2D eigenvalue weighted by molar-refractivity contribution is 0.0852. The molecule has 1 aromatic rings. The third-order valence-electron chi connectivity index (χ3n) is 4.24. The minimum absolute atomic E-state index is 0.0377. The quantitative estimate of drug-likeness (QED) is 0.838. The van der Waals surface area contributed by atoms with Crippen LogP contribution in [-0.4, -0.2) is 17.8 Å². The van der Waals surface area contributed by atoms with Gasteiger partial charge in [-0.15, -0.1) is 0 Å². The summed E-state index contributed by atoms with van der Waals surface area (Å²) in [6.07, 6.45) is 5.67. The first-order chi connectivity index (χ1) is 9.56. The van der Waals surface area contributed by atoms with Crippen molar-refractivity contribution in [3.8, 4) is 5.75 Å². The summed E-state index contributed by atoms with van der Waals surface area (Å²) in [5.74, 6) is 1.54. The molecule has 3 N–H and O–H groups in total. The Morgan fingerprint density at radius 3 is 2.65 bits per heavy atom. The SMILES string of the molecule is Cc1cc(C(C)N)ccc1OCC(O)CC1CCCC1. The predicted molar refractivity (Wildman–Crippen MR) is 81.9 cm³/mol. The lowest BCUT2D eigenvalue weighted by Gasteiger charge is -2.17. The van der Waals surface area contributed by atoms with Gasteiger partial charge in [0.05, 0.1) is 6.10 Å². The van der Waals surface area contributed by atoms with Crippen molar-refractivity contribution in [2.45, 2.75) is 58.1 Å². The zero-order chi connectivity index (χ0) is 14.5. The molecule has 0 spiro atoms. The molecule has 0 heterocycles. The first-order valence-electron chi connectivity index (χ1n) is 7.73. The summed E-state index contributed by atoms with van der Waals surface area (Å²) >= 11 is 0. The summed E-state index contributed by atoms with van der Waals surface area (Å²) < 4.78 is 5.75. The van der Waals surface area contributed by atoms with E-state index in [1.165, 1.54) is 25.7 Å². The maximum atomic E-state index is 10.1. The van der Waals surface area contributed by atoms with Crippen LogP contribution in [0.2, 0.25) is 0 Å². The average molecular weight is 277 g/mol. The van der Waals surface area contributed by atoms with E-state index in [1.54, 1.807) is 0 Å². The Balaban J connectivity index is 1.83. The van der Waals surface area contributed by atoms with Crippen molar-refractivity contribution < 1.29 is 9.84 Å². The zero-order valence-corrected chi connectivity index (χ0v) is 12.6. The fourth-order valence-electron chi connectivity index (χ4n) is 3.00. The molecule has 1 aromatic carbocycles. The monoisotopic (exact) mass is 277 g/mol. The Morgan fingerprint density at radius 1 is 1.35 bits per heavy atom. The van der Waals surface area contributed by atoms with Gasteiger partial charge in [0, 0.05) is 6.04 Å². The van der Waals surface area contributed by atoms with Gasteiger partial charge in [-0.25, -0.2) is 0 Å². The highest BCUT2D eigenvalue weighted by atomic mass is 16.5. The van der Waals surface area contributed by atoms with Crippen molar-refractivity contribution in [3.05, 3.63) is 29.3 Å². The van der Waals surface area contributed by atoms with Gasteiger partial charge in [0.2, 0.25) is 0 Å². The number of hydrogen-bond acceptors (Lipinski definition) is 3. The second-order valence-electron chi connectivity index (χ2n) is 6.16. The Kier molecular flexibility index (Phi) is 5.44. The molecule has 1 fully saturated rings. The molecule has 3 nitrogen and oxygen atoms in total.